The Labute approximate surface area is 126 Å². The Morgan fingerprint density at radius 2 is 2.09 bits per heavy atom. The van der Waals surface area contributed by atoms with Crippen LogP contribution in [-0.2, 0) is 16.9 Å². The lowest BCUT2D eigenvalue weighted by Gasteiger charge is -2.31. The van der Waals surface area contributed by atoms with Gasteiger partial charge in [0.15, 0.2) is 0 Å². The molecule has 1 fully saturated rings. The van der Waals surface area contributed by atoms with E-state index in [1.807, 2.05) is 0 Å². The van der Waals surface area contributed by atoms with Crippen LogP contribution >= 0.6 is 0 Å². The average Bonchev–Trinajstić information content (AvgIpc) is 3.11. The average molecular weight is 306 g/mol. The zero-order valence-electron chi connectivity index (χ0n) is 11.9. The van der Waals surface area contributed by atoms with Gasteiger partial charge in [0.1, 0.15) is 18.2 Å². The van der Waals surface area contributed by atoms with Crippen LogP contribution in [0.3, 0.4) is 0 Å². The normalized spacial score (nSPS) is 16.6. The summed E-state index contributed by atoms with van der Waals surface area (Å²) in [4.78, 5) is 12.2. The molecule has 0 atom stereocenters. The monoisotopic (exact) mass is 306 g/mol. The van der Waals surface area contributed by atoms with Crippen LogP contribution in [0.5, 0.6) is 0 Å². The summed E-state index contributed by atoms with van der Waals surface area (Å²) in [5.74, 6) is -1.51. The van der Waals surface area contributed by atoms with E-state index in [1.165, 1.54) is 23.0 Å². The van der Waals surface area contributed by atoms with Gasteiger partial charge in [-0.3, -0.25) is 4.79 Å². The van der Waals surface area contributed by atoms with Crippen molar-refractivity contribution in [2.75, 3.05) is 0 Å². The van der Waals surface area contributed by atoms with E-state index in [9.17, 15) is 13.6 Å². The Balaban J connectivity index is 1.83. The number of hydrogen-bond donors (Lipinski definition) is 1. The fourth-order valence-electron chi connectivity index (χ4n) is 3.09. The molecule has 1 aromatic carbocycles. The third kappa shape index (κ3) is 2.84. The number of nitrogens with zero attached hydrogens (tertiary/aromatic N) is 3. The molecule has 22 heavy (non-hydrogen) atoms. The second-order valence-corrected chi connectivity index (χ2v) is 5.56. The predicted molar refractivity (Wildman–Crippen MR) is 74.7 cm³/mol. The lowest BCUT2D eigenvalue weighted by Crippen LogP contribution is -2.45. The molecule has 3 rings (SSSR count). The molecule has 0 unspecified atom stereocenters. The number of nitrogens with one attached hydrogen (secondary N) is 1. The van der Waals surface area contributed by atoms with E-state index < -0.39 is 17.2 Å². The minimum absolute atomic E-state index is 0.0184. The van der Waals surface area contributed by atoms with Gasteiger partial charge in [-0.05, 0) is 18.9 Å². The van der Waals surface area contributed by atoms with Gasteiger partial charge in [0.25, 0.3) is 0 Å². The van der Waals surface area contributed by atoms with E-state index in [2.05, 4.69) is 15.6 Å². The smallest absolute Gasteiger partial charge is 0.242 e. The van der Waals surface area contributed by atoms with Crippen LogP contribution < -0.4 is 5.32 Å². The Morgan fingerprint density at radius 3 is 2.73 bits per heavy atom. The molecule has 1 aromatic heterocycles. The molecule has 1 N–H and O–H groups in total. The van der Waals surface area contributed by atoms with Crippen molar-refractivity contribution >= 4 is 5.91 Å². The summed E-state index contributed by atoms with van der Waals surface area (Å²) < 4.78 is 28.7. The zero-order chi connectivity index (χ0) is 15.6. The molecule has 0 saturated heterocycles. The van der Waals surface area contributed by atoms with Gasteiger partial charge in [0, 0.05) is 17.8 Å². The predicted octanol–water partition coefficient (Wildman–Crippen LogP) is 2.14. The number of rotatable bonds is 4. The zero-order valence-corrected chi connectivity index (χ0v) is 11.9. The maximum atomic E-state index is 14.2. The number of amides is 1. The summed E-state index contributed by atoms with van der Waals surface area (Å²) in [5.41, 5.74) is -0.423. The molecule has 0 bridgehead atoms. The maximum absolute atomic E-state index is 14.2. The largest absolute Gasteiger partial charge is 0.345 e. The molecule has 1 aliphatic rings. The van der Waals surface area contributed by atoms with Crippen molar-refractivity contribution in [1.82, 2.24) is 20.3 Å². The summed E-state index contributed by atoms with van der Waals surface area (Å²) in [6.07, 6.45) is 6.12. The van der Waals surface area contributed by atoms with Crippen molar-refractivity contribution < 1.29 is 13.6 Å². The van der Waals surface area contributed by atoms with E-state index in [0.717, 1.165) is 18.9 Å². The molecule has 1 amide bonds. The first kappa shape index (κ1) is 14.6. The quantitative estimate of drug-likeness (QED) is 0.941. The number of carbonyl (C=O) groups excluding carboxylic acids is 1. The van der Waals surface area contributed by atoms with Crippen LogP contribution in [0.25, 0.3) is 0 Å². The topological polar surface area (TPSA) is 59.8 Å². The van der Waals surface area contributed by atoms with Gasteiger partial charge >= 0.3 is 0 Å². The maximum Gasteiger partial charge on any atom is 0.242 e. The molecular weight excluding hydrogens is 290 g/mol. The van der Waals surface area contributed by atoms with Crippen LogP contribution in [0, 0.1) is 11.6 Å². The second kappa shape index (κ2) is 5.82. The lowest BCUT2D eigenvalue weighted by molar-refractivity contribution is -0.124. The summed E-state index contributed by atoms with van der Waals surface area (Å²) in [6.45, 7) is 0.0184. The Bertz CT molecular complexity index is 666. The number of carbonyl (C=O) groups is 1. The van der Waals surface area contributed by atoms with Gasteiger partial charge in [0.05, 0.1) is 11.7 Å². The van der Waals surface area contributed by atoms with Gasteiger partial charge in [0.2, 0.25) is 5.91 Å². The van der Waals surface area contributed by atoms with Crippen molar-refractivity contribution in [1.29, 1.82) is 0 Å². The first-order chi connectivity index (χ1) is 10.6. The minimum Gasteiger partial charge on any atom is -0.345 e. The summed E-state index contributed by atoms with van der Waals surface area (Å²) in [6, 6.07) is 3.51. The van der Waals surface area contributed by atoms with Gasteiger partial charge in [-0.2, -0.15) is 0 Å². The summed E-state index contributed by atoms with van der Waals surface area (Å²) in [7, 11) is 0. The molecule has 0 spiro atoms. The van der Waals surface area contributed by atoms with Crippen molar-refractivity contribution in [3.8, 4) is 0 Å². The first-order valence-corrected chi connectivity index (χ1v) is 7.20. The highest BCUT2D eigenvalue weighted by atomic mass is 19.1. The fourth-order valence-corrected chi connectivity index (χ4v) is 3.09. The van der Waals surface area contributed by atoms with E-state index in [4.69, 9.17) is 0 Å². The highest BCUT2D eigenvalue weighted by Gasteiger charge is 2.39. The molecule has 116 valence electrons. The molecule has 7 heteroatoms. The third-order valence-electron chi connectivity index (χ3n) is 4.06. The van der Waals surface area contributed by atoms with E-state index in [-0.39, 0.29) is 12.5 Å². The summed E-state index contributed by atoms with van der Waals surface area (Å²) in [5, 5.41) is 10.3. The van der Waals surface area contributed by atoms with E-state index >= 15 is 0 Å². The number of benzene rings is 1. The Kier molecular flexibility index (Phi) is 3.87. The van der Waals surface area contributed by atoms with Crippen molar-refractivity contribution in [3.63, 3.8) is 0 Å². The fraction of sp³-hybridized carbons (Fsp3) is 0.400. The van der Waals surface area contributed by atoms with Gasteiger partial charge in [-0.1, -0.05) is 24.1 Å². The molecule has 0 radical (unpaired) electrons. The molecule has 1 saturated carbocycles. The SMILES string of the molecule is O=C(Cn1ccnn1)NC1(c2ccc(F)cc2F)CCCC1. The lowest BCUT2D eigenvalue weighted by atomic mass is 9.87. The minimum atomic E-state index is -0.768. The van der Waals surface area contributed by atoms with Crippen LogP contribution in [0.2, 0.25) is 0 Å². The Hall–Kier alpha value is -2.31. The number of hydrogen-bond acceptors (Lipinski definition) is 3. The molecule has 1 heterocycles. The van der Waals surface area contributed by atoms with Gasteiger partial charge in [-0.15, -0.1) is 5.10 Å². The van der Waals surface area contributed by atoms with E-state index in [1.54, 1.807) is 6.20 Å². The van der Waals surface area contributed by atoms with Gasteiger partial charge < -0.3 is 5.32 Å². The number of halogens is 2. The first-order valence-electron chi connectivity index (χ1n) is 7.20. The Morgan fingerprint density at radius 1 is 1.32 bits per heavy atom. The number of aromatic nitrogens is 3. The highest BCUT2D eigenvalue weighted by Crippen LogP contribution is 2.40. The standard InChI is InChI=1S/C15H16F2N4O/c16-11-3-4-12(13(17)9-11)15(5-1-2-6-15)19-14(22)10-21-8-7-18-20-21/h3-4,7-9H,1-2,5-6,10H2,(H,19,22). The van der Waals surface area contributed by atoms with Crippen molar-refractivity contribution in [3.05, 3.63) is 47.8 Å². The molecule has 1 aliphatic carbocycles. The van der Waals surface area contributed by atoms with Crippen molar-refractivity contribution in [2.24, 2.45) is 0 Å². The van der Waals surface area contributed by atoms with Crippen LogP contribution in [0.4, 0.5) is 8.78 Å². The summed E-state index contributed by atoms with van der Waals surface area (Å²) >= 11 is 0. The molecule has 2 aromatic rings. The van der Waals surface area contributed by atoms with Gasteiger partial charge in [-0.25, -0.2) is 13.5 Å². The third-order valence-corrected chi connectivity index (χ3v) is 4.06. The highest BCUT2D eigenvalue weighted by molar-refractivity contribution is 5.76. The second-order valence-electron chi connectivity index (χ2n) is 5.56. The molecule has 0 aliphatic heterocycles. The van der Waals surface area contributed by atoms with Crippen LogP contribution in [-0.4, -0.2) is 20.9 Å². The molecular formula is C15H16F2N4O. The van der Waals surface area contributed by atoms with Crippen LogP contribution in [0.15, 0.2) is 30.6 Å². The molecule has 5 nitrogen and oxygen atoms in total. The van der Waals surface area contributed by atoms with Crippen molar-refractivity contribution in [2.45, 2.75) is 37.8 Å². The van der Waals surface area contributed by atoms with E-state index in [0.29, 0.717) is 18.4 Å². The van der Waals surface area contributed by atoms with Crippen LogP contribution in [0.1, 0.15) is 31.2 Å².